The number of aryl methyl sites for hydroxylation is 1. The second-order valence-corrected chi connectivity index (χ2v) is 10.9. The zero-order chi connectivity index (χ0) is 26.4. The molecule has 38 heavy (non-hydrogen) atoms. The first-order chi connectivity index (χ1) is 18.3. The zero-order valence-corrected chi connectivity index (χ0v) is 21.1. The summed E-state index contributed by atoms with van der Waals surface area (Å²) in [5.74, 6) is -2.32. The second kappa shape index (κ2) is 7.84. The summed E-state index contributed by atoms with van der Waals surface area (Å²) >= 11 is 6.08. The Morgan fingerprint density at radius 1 is 1.08 bits per heavy atom. The predicted octanol–water partition coefficient (Wildman–Crippen LogP) is 3.60. The highest BCUT2D eigenvalue weighted by atomic mass is 35.5. The van der Waals surface area contributed by atoms with E-state index in [0.717, 1.165) is 0 Å². The number of benzene rings is 3. The van der Waals surface area contributed by atoms with Crippen molar-refractivity contribution in [2.24, 2.45) is 11.8 Å². The van der Waals surface area contributed by atoms with Gasteiger partial charge in [0.25, 0.3) is 0 Å². The number of aliphatic hydroxyl groups excluding tert-OH is 1. The van der Waals surface area contributed by atoms with Crippen molar-refractivity contribution in [1.82, 2.24) is 15.0 Å². The maximum absolute atomic E-state index is 14.1. The molecule has 0 spiro atoms. The summed E-state index contributed by atoms with van der Waals surface area (Å²) in [5.41, 5.74) is 0.0200. The minimum atomic E-state index is -1.19. The van der Waals surface area contributed by atoms with Crippen LogP contribution in [-0.4, -0.2) is 49.2 Å². The van der Waals surface area contributed by atoms with E-state index in [9.17, 15) is 20.0 Å². The van der Waals surface area contributed by atoms with E-state index in [1.807, 2.05) is 12.1 Å². The van der Waals surface area contributed by atoms with E-state index >= 15 is 0 Å². The Kier molecular flexibility index (Phi) is 4.80. The maximum atomic E-state index is 14.1. The number of carbonyl (C=O) groups excluding carboxylic acids is 2. The number of hydrogen-bond donors (Lipinski definition) is 1. The third kappa shape index (κ3) is 2.99. The lowest BCUT2D eigenvalue weighted by Gasteiger charge is -2.33. The molecule has 7 rings (SSSR count). The van der Waals surface area contributed by atoms with Gasteiger partial charge in [-0.15, -0.1) is 0 Å². The van der Waals surface area contributed by atoms with E-state index < -0.39 is 35.0 Å². The third-order valence-corrected chi connectivity index (χ3v) is 8.73. The Labute approximate surface area is 222 Å². The molecule has 0 aliphatic carbocycles. The van der Waals surface area contributed by atoms with Gasteiger partial charge >= 0.3 is 0 Å². The van der Waals surface area contributed by atoms with Crippen molar-refractivity contribution < 1.29 is 19.4 Å². The number of fused-ring (bicyclic) bond motifs is 7. The topological polar surface area (TPSA) is 121 Å². The molecule has 10 heteroatoms. The molecule has 4 aromatic rings. The van der Waals surface area contributed by atoms with Crippen LogP contribution in [0.3, 0.4) is 0 Å². The number of ether oxygens (including phenoxy) is 1. The fraction of sp³-hybridized carbons (Fsp3) is 0.321. The lowest BCUT2D eigenvalue weighted by Crippen LogP contribution is -2.49. The lowest BCUT2D eigenvalue weighted by molar-refractivity contribution is -0.133. The summed E-state index contributed by atoms with van der Waals surface area (Å²) in [6.07, 6.45) is -0.323. The van der Waals surface area contributed by atoms with Gasteiger partial charge in [-0.25, -0.2) is 4.90 Å². The summed E-state index contributed by atoms with van der Waals surface area (Å²) in [7, 11) is 0. The number of anilines is 1. The standard InChI is InChI=1S/C28H22ClN5O4/c1-27-22(35)13-28(38-27,10-11-33-31-19-8-7-16(29)12-20(19)32-33)24-23(27)25(36)34(26(24)37)21-9-6-15(14-30)17-4-2-3-5-18(17)21/h2-9,12,22-24,35H,10-11,13H2,1H3. The van der Waals surface area contributed by atoms with Crippen molar-refractivity contribution in [3.8, 4) is 6.07 Å². The number of nitrogens with zero attached hydrogens (tertiary/aromatic N) is 5. The summed E-state index contributed by atoms with van der Waals surface area (Å²) in [4.78, 5) is 30.7. The van der Waals surface area contributed by atoms with Crippen LogP contribution < -0.4 is 4.90 Å². The average molecular weight is 528 g/mol. The van der Waals surface area contributed by atoms with Crippen LogP contribution in [0.25, 0.3) is 21.8 Å². The molecule has 190 valence electrons. The van der Waals surface area contributed by atoms with Crippen molar-refractivity contribution in [2.75, 3.05) is 4.90 Å². The maximum Gasteiger partial charge on any atom is 0.240 e. The smallest absolute Gasteiger partial charge is 0.240 e. The van der Waals surface area contributed by atoms with E-state index in [1.54, 1.807) is 54.2 Å². The van der Waals surface area contributed by atoms with Gasteiger partial charge in [0.1, 0.15) is 16.6 Å². The van der Waals surface area contributed by atoms with Gasteiger partial charge in [-0.1, -0.05) is 35.9 Å². The predicted molar refractivity (Wildman–Crippen MR) is 138 cm³/mol. The summed E-state index contributed by atoms with van der Waals surface area (Å²) in [5, 5.41) is 31.5. The molecule has 3 aromatic carbocycles. The van der Waals surface area contributed by atoms with Crippen LogP contribution in [-0.2, 0) is 20.9 Å². The third-order valence-electron chi connectivity index (χ3n) is 8.50. The van der Waals surface area contributed by atoms with Crippen molar-refractivity contribution in [1.29, 1.82) is 5.26 Å². The van der Waals surface area contributed by atoms with Crippen LogP contribution in [0.2, 0.25) is 5.02 Å². The van der Waals surface area contributed by atoms with Gasteiger partial charge in [-0.3, -0.25) is 9.59 Å². The molecule has 0 saturated carbocycles. The fourth-order valence-corrected chi connectivity index (χ4v) is 6.93. The Bertz CT molecular complexity index is 1730. The van der Waals surface area contributed by atoms with E-state index in [0.29, 0.717) is 51.0 Å². The molecule has 3 aliphatic heterocycles. The minimum absolute atomic E-state index is 0.234. The molecular weight excluding hydrogens is 506 g/mol. The number of aliphatic hydroxyl groups is 1. The Morgan fingerprint density at radius 3 is 2.61 bits per heavy atom. The number of rotatable bonds is 4. The van der Waals surface area contributed by atoms with Gasteiger partial charge in [0.05, 0.1) is 47.4 Å². The molecule has 4 heterocycles. The van der Waals surface area contributed by atoms with Crippen LogP contribution >= 0.6 is 11.6 Å². The Hall–Kier alpha value is -3.84. The van der Waals surface area contributed by atoms with E-state index in [-0.39, 0.29) is 12.3 Å². The molecule has 0 radical (unpaired) electrons. The van der Waals surface area contributed by atoms with Crippen molar-refractivity contribution >= 4 is 50.9 Å². The van der Waals surface area contributed by atoms with Crippen molar-refractivity contribution in [3.05, 3.63) is 65.2 Å². The first-order valence-corrected chi connectivity index (χ1v) is 12.8. The number of amides is 2. The first kappa shape index (κ1) is 23.3. The first-order valence-electron chi connectivity index (χ1n) is 12.4. The molecule has 2 amide bonds. The van der Waals surface area contributed by atoms with E-state index in [2.05, 4.69) is 16.3 Å². The van der Waals surface area contributed by atoms with Crippen LogP contribution in [0.5, 0.6) is 0 Å². The van der Waals surface area contributed by atoms with Gasteiger partial charge < -0.3 is 9.84 Å². The van der Waals surface area contributed by atoms with E-state index in [4.69, 9.17) is 16.3 Å². The number of aromatic nitrogens is 3. The monoisotopic (exact) mass is 527 g/mol. The van der Waals surface area contributed by atoms with Crippen LogP contribution in [0.4, 0.5) is 5.69 Å². The lowest BCUT2D eigenvalue weighted by atomic mass is 9.66. The number of imide groups is 1. The van der Waals surface area contributed by atoms with Gasteiger partial charge in [0, 0.05) is 22.2 Å². The van der Waals surface area contributed by atoms with Crippen molar-refractivity contribution in [3.63, 3.8) is 0 Å². The zero-order valence-electron chi connectivity index (χ0n) is 20.3. The minimum Gasteiger partial charge on any atom is -0.390 e. The molecule has 3 aliphatic rings. The fourth-order valence-electron chi connectivity index (χ4n) is 6.76. The molecule has 9 nitrogen and oxygen atoms in total. The number of halogens is 1. The quantitative estimate of drug-likeness (QED) is 0.402. The number of hydrogen-bond acceptors (Lipinski definition) is 7. The largest absolute Gasteiger partial charge is 0.390 e. The van der Waals surface area contributed by atoms with Gasteiger partial charge in [-0.05, 0) is 43.7 Å². The van der Waals surface area contributed by atoms with Gasteiger partial charge in [-0.2, -0.15) is 20.3 Å². The molecule has 1 aromatic heterocycles. The van der Waals surface area contributed by atoms with Gasteiger partial charge in [0.2, 0.25) is 11.8 Å². The van der Waals surface area contributed by atoms with E-state index in [1.165, 1.54) is 4.90 Å². The molecular formula is C28H22ClN5O4. The number of carbonyl (C=O) groups is 2. The summed E-state index contributed by atoms with van der Waals surface area (Å²) in [6, 6.07) is 18.0. The highest BCUT2D eigenvalue weighted by molar-refractivity contribution is 6.31. The highest BCUT2D eigenvalue weighted by Crippen LogP contribution is 2.62. The SMILES string of the molecule is CC12OC(CCn3nc4ccc(Cl)cc4n3)(CC1O)C1C(=O)N(c3ccc(C#N)c4ccccc34)C(=O)C12. The van der Waals surface area contributed by atoms with Crippen LogP contribution in [0.15, 0.2) is 54.6 Å². The van der Waals surface area contributed by atoms with Crippen LogP contribution in [0, 0.1) is 23.2 Å². The summed E-state index contributed by atoms with van der Waals surface area (Å²) in [6.45, 7) is 2.05. The molecule has 5 unspecified atom stereocenters. The van der Waals surface area contributed by atoms with Crippen molar-refractivity contribution in [2.45, 2.75) is 43.6 Å². The van der Waals surface area contributed by atoms with Crippen LogP contribution in [0.1, 0.15) is 25.3 Å². The molecule has 2 bridgehead atoms. The molecule has 3 fully saturated rings. The molecule has 3 saturated heterocycles. The summed E-state index contributed by atoms with van der Waals surface area (Å²) < 4.78 is 6.44. The average Bonchev–Trinajstić information content (AvgIpc) is 3.58. The normalized spacial score (nSPS) is 29.9. The van der Waals surface area contributed by atoms with Gasteiger partial charge in [0.15, 0.2) is 0 Å². The number of nitriles is 1. The second-order valence-electron chi connectivity index (χ2n) is 10.5. The molecule has 5 atom stereocenters. The highest BCUT2D eigenvalue weighted by Gasteiger charge is 2.77. The Morgan fingerprint density at radius 2 is 1.82 bits per heavy atom. The molecule has 1 N–H and O–H groups in total. The Balaban J connectivity index is 1.27.